The minimum atomic E-state index is -4.52. The number of carboxylic acids is 1. The number of hydrogen-bond donors (Lipinski definition) is 2. The van der Waals surface area contributed by atoms with Crippen LogP contribution >= 0.6 is 15.9 Å². The molecular formula is C32H38BrF3N2O4. The predicted molar refractivity (Wildman–Crippen MR) is 159 cm³/mol. The van der Waals surface area contributed by atoms with E-state index in [0.717, 1.165) is 40.1 Å². The molecule has 2 aromatic rings. The number of carboxylic acid groups (broad SMARTS) is 1. The molecule has 0 heterocycles. The normalized spacial score (nSPS) is 24.7. The summed E-state index contributed by atoms with van der Waals surface area (Å²) in [4.78, 5) is 30.5. The van der Waals surface area contributed by atoms with Gasteiger partial charge in [-0.1, -0.05) is 66.5 Å². The molecule has 3 atom stereocenters. The number of nitrogens with one attached hydrogen (secondary N) is 1. The molecular weight excluding hydrogens is 613 g/mol. The zero-order chi connectivity index (χ0) is 30.9. The third-order valence-corrected chi connectivity index (χ3v) is 9.77. The Labute approximate surface area is 253 Å². The second-order valence-corrected chi connectivity index (χ2v) is 13.1. The van der Waals surface area contributed by atoms with E-state index in [2.05, 4.69) is 59.3 Å². The van der Waals surface area contributed by atoms with E-state index in [9.17, 15) is 27.9 Å². The van der Waals surface area contributed by atoms with Gasteiger partial charge < -0.3 is 15.3 Å². The topological polar surface area (TPSA) is 88.0 Å². The monoisotopic (exact) mass is 650 g/mol. The first-order valence-electron chi connectivity index (χ1n) is 14.4. The first-order chi connectivity index (χ1) is 19.7. The fraction of sp³-hybridized carbons (Fsp3) is 0.531. The molecule has 42 heavy (non-hydrogen) atoms. The number of amides is 1. The summed E-state index contributed by atoms with van der Waals surface area (Å²) in [6.45, 7) is 8.65. The molecule has 1 amide bonds. The largest absolute Gasteiger partial charge is 0.481 e. The minimum Gasteiger partial charge on any atom is -0.481 e. The molecule has 0 bridgehead atoms. The molecule has 0 saturated heterocycles. The van der Waals surface area contributed by atoms with Crippen molar-refractivity contribution < 1.29 is 32.7 Å². The number of carbonyl (C=O) groups is 2. The lowest BCUT2D eigenvalue weighted by Crippen LogP contribution is -2.53. The van der Waals surface area contributed by atoms with Gasteiger partial charge in [0.05, 0.1) is 23.1 Å². The van der Waals surface area contributed by atoms with Gasteiger partial charge in [0, 0.05) is 23.0 Å². The van der Waals surface area contributed by atoms with E-state index in [1.54, 1.807) is 0 Å². The number of fused-ring (bicyclic) bond motifs is 3. The molecule has 0 spiro atoms. The van der Waals surface area contributed by atoms with Crippen LogP contribution in [0.5, 0.6) is 0 Å². The van der Waals surface area contributed by atoms with Crippen molar-refractivity contribution in [2.24, 2.45) is 16.5 Å². The third kappa shape index (κ3) is 6.38. The Morgan fingerprint density at radius 1 is 1.19 bits per heavy atom. The van der Waals surface area contributed by atoms with Crippen molar-refractivity contribution in [2.45, 2.75) is 83.7 Å². The highest BCUT2D eigenvalue weighted by molar-refractivity contribution is 9.10. The van der Waals surface area contributed by atoms with Crippen molar-refractivity contribution in [1.82, 2.24) is 5.32 Å². The molecule has 0 radical (unpaired) electrons. The minimum absolute atomic E-state index is 0.0726. The Kier molecular flexibility index (Phi) is 9.45. The lowest BCUT2D eigenvalue weighted by molar-refractivity contribution is -0.156. The highest BCUT2D eigenvalue weighted by Crippen LogP contribution is 2.58. The summed E-state index contributed by atoms with van der Waals surface area (Å²) in [5, 5.41) is 17.4. The van der Waals surface area contributed by atoms with Crippen LogP contribution in [0.1, 0.15) is 93.5 Å². The van der Waals surface area contributed by atoms with Crippen molar-refractivity contribution in [3.63, 3.8) is 0 Å². The summed E-state index contributed by atoms with van der Waals surface area (Å²) in [5.41, 5.74) is 1.79. The van der Waals surface area contributed by atoms with Crippen LogP contribution in [0, 0.1) is 11.3 Å². The number of hydrogen-bond acceptors (Lipinski definition) is 4. The van der Waals surface area contributed by atoms with E-state index in [4.69, 9.17) is 4.84 Å². The van der Waals surface area contributed by atoms with Gasteiger partial charge in [-0.15, -0.1) is 0 Å². The average molecular weight is 652 g/mol. The highest BCUT2D eigenvalue weighted by atomic mass is 79.9. The number of rotatable bonds is 9. The summed E-state index contributed by atoms with van der Waals surface area (Å²) in [6.07, 6.45) is -1.69. The van der Waals surface area contributed by atoms with E-state index in [-0.39, 0.29) is 42.4 Å². The maximum Gasteiger partial charge on any atom is 0.416 e. The number of alkyl halides is 3. The van der Waals surface area contributed by atoms with Crippen LogP contribution < -0.4 is 5.32 Å². The lowest BCUT2D eigenvalue weighted by Gasteiger charge is -2.53. The van der Waals surface area contributed by atoms with Crippen molar-refractivity contribution in [3.8, 4) is 0 Å². The fourth-order valence-electron chi connectivity index (χ4n) is 6.71. The maximum atomic E-state index is 13.2. The number of carbonyl (C=O) groups excluding carboxylic acids is 1. The van der Waals surface area contributed by atoms with Gasteiger partial charge in [0.25, 0.3) is 0 Å². The zero-order valence-corrected chi connectivity index (χ0v) is 26.0. The van der Waals surface area contributed by atoms with E-state index < -0.39 is 29.0 Å². The number of halogens is 4. The van der Waals surface area contributed by atoms with E-state index >= 15 is 0 Å². The smallest absolute Gasteiger partial charge is 0.416 e. The fourth-order valence-corrected chi connectivity index (χ4v) is 7.51. The molecule has 0 aliphatic heterocycles. The molecule has 0 aromatic heterocycles. The average Bonchev–Trinajstić information content (AvgIpc) is 2.90. The zero-order valence-electron chi connectivity index (χ0n) is 24.4. The van der Waals surface area contributed by atoms with Crippen LogP contribution in [0.2, 0.25) is 0 Å². The Morgan fingerprint density at radius 3 is 2.57 bits per heavy atom. The first kappa shape index (κ1) is 32.0. The van der Waals surface area contributed by atoms with E-state index in [0.29, 0.717) is 25.0 Å². The number of nitrogens with zero attached hydrogens (tertiary/aromatic N) is 1. The van der Waals surface area contributed by atoms with Crippen LogP contribution in [0.4, 0.5) is 13.2 Å². The predicted octanol–water partition coefficient (Wildman–Crippen LogP) is 7.61. The molecule has 2 aliphatic rings. The highest BCUT2D eigenvalue weighted by Gasteiger charge is 2.56. The first-order valence-corrected chi connectivity index (χ1v) is 15.2. The van der Waals surface area contributed by atoms with Gasteiger partial charge in [-0.2, -0.15) is 13.2 Å². The molecule has 2 aromatic carbocycles. The van der Waals surface area contributed by atoms with Gasteiger partial charge >= 0.3 is 12.1 Å². The van der Waals surface area contributed by atoms with Gasteiger partial charge in [-0.25, -0.2) is 0 Å². The van der Waals surface area contributed by atoms with Crippen molar-refractivity contribution >= 4 is 33.5 Å². The van der Waals surface area contributed by atoms with Crippen LogP contribution in [-0.2, 0) is 32.4 Å². The molecule has 2 aliphatic carbocycles. The molecule has 228 valence electrons. The van der Waals surface area contributed by atoms with Crippen LogP contribution in [0.15, 0.2) is 46.0 Å². The van der Waals surface area contributed by atoms with Gasteiger partial charge in [0.1, 0.15) is 6.61 Å². The van der Waals surface area contributed by atoms with Crippen molar-refractivity contribution in [1.29, 1.82) is 0 Å². The second kappa shape index (κ2) is 12.4. The third-order valence-electron chi connectivity index (χ3n) is 9.08. The summed E-state index contributed by atoms with van der Waals surface area (Å²) < 4.78 is 40.7. The standard InChI is InChI=1S/C32H38BrF3N2O4/c1-19(2)21-16-22-24(17-25(21)33)30(3)11-7-12-31(4,29(40)41)27(30)18-26(22)38-42-14-8-13-37-28(39)15-20-9-5-6-10-23(20)32(34,35)36/h5-6,9-10,16-17,19,27H,7-8,11-15,18H2,1-4H3,(H,37,39)(H,40,41)/b38-26+/t27-,30-,31-/m1/s1. The van der Waals surface area contributed by atoms with E-state index in [1.165, 1.54) is 18.2 Å². The summed E-state index contributed by atoms with van der Waals surface area (Å²) in [5.74, 6) is -1.20. The Morgan fingerprint density at radius 2 is 1.90 bits per heavy atom. The van der Waals surface area contributed by atoms with Crippen LogP contribution in [0.3, 0.4) is 0 Å². The molecule has 1 saturated carbocycles. The second-order valence-electron chi connectivity index (χ2n) is 12.2. The molecule has 10 heteroatoms. The summed E-state index contributed by atoms with van der Waals surface area (Å²) in [6, 6.07) is 9.32. The number of oxime groups is 1. The molecule has 0 unspecified atom stereocenters. The van der Waals surface area contributed by atoms with Gasteiger partial charge in [0.15, 0.2) is 0 Å². The Balaban J connectivity index is 1.46. The molecule has 1 fully saturated rings. The van der Waals surface area contributed by atoms with Gasteiger partial charge in [0.2, 0.25) is 5.91 Å². The number of benzene rings is 2. The number of aliphatic carboxylic acids is 1. The Bertz CT molecular complexity index is 1380. The maximum absolute atomic E-state index is 13.2. The lowest BCUT2D eigenvalue weighted by atomic mass is 9.49. The van der Waals surface area contributed by atoms with E-state index in [1.807, 2.05) is 6.92 Å². The summed E-state index contributed by atoms with van der Waals surface area (Å²) in [7, 11) is 0. The molecule has 6 nitrogen and oxygen atoms in total. The Hall–Kier alpha value is -2.88. The van der Waals surface area contributed by atoms with Crippen LogP contribution in [0.25, 0.3) is 0 Å². The summed E-state index contributed by atoms with van der Waals surface area (Å²) >= 11 is 3.74. The van der Waals surface area contributed by atoms with Gasteiger partial charge in [-0.3, -0.25) is 9.59 Å². The van der Waals surface area contributed by atoms with Crippen molar-refractivity contribution in [2.75, 3.05) is 13.2 Å². The SMILES string of the molecule is CC(C)c1cc2c(cc1Br)[C@@]1(C)CCC[C@@](C)(C(=O)O)[C@@H]1C/C2=N\OCCCNC(=O)Cc1ccccc1C(F)(F)F. The van der Waals surface area contributed by atoms with Crippen molar-refractivity contribution in [3.05, 3.63) is 68.7 Å². The van der Waals surface area contributed by atoms with Gasteiger partial charge in [-0.05, 0) is 78.3 Å². The quantitative estimate of drug-likeness (QED) is 0.216. The molecule has 2 N–H and O–H groups in total. The molecule has 4 rings (SSSR count). The van der Waals surface area contributed by atoms with Crippen LogP contribution in [-0.4, -0.2) is 35.8 Å².